The molecule has 0 aromatic carbocycles. The zero-order valence-electron chi connectivity index (χ0n) is 7.92. The standard InChI is InChI=1S/C9H18N2O/c1-7-6-12-9(10-7)8-4-3-5-11(8)2/h7-10H,3-6H2,1-2H3. The van der Waals surface area contributed by atoms with Gasteiger partial charge in [-0.25, -0.2) is 0 Å². The number of likely N-dealkylation sites (N-methyl/N-ethyl adjacent to an activating group) is 1. The second-order valence-electron chi connectivity index (χ2n) is 4.01. The summed E-state index contributed by atoms with van der Waals surface area (Å²) in [6, 6.07) is 1.14. The van der Waals surface area contributed by atoms with Crippen LogP contribution in [0.2, 0.25) is 0 Å². The lowest BCUT2D eigenvalue weighted by molar-refractivity contribution is 0.0396. The predicted octanol–water partition coefficient (Wildman–Crippen LogP) is 0.415. The normalized spacial score (nSPS) is 44.0. The van der Waals surface area contributed by atoms with Crippen LogP contribution in [0.4, 0.5) is 0 Å². The van der Waals surface area contributed by atoms with Gasteiger partial charge < -0.3 is 4.74 Å². The van der Waals surface area contributed by atoms with Crippen molar-refractivity contribution in [3.63, 3.8) is 0 Å². The fraction of sp³-hybridized carbons (Fsp3) is 1.00. The molecule has 3 atom stereocenters. The third kappa shape index (κ3) is 1.49. The lowest BCUT2D eigenvalue weighted by Gasteiger charge is -2.25. The highest BCUT2D eigenvalue weighted by Gasteiger charge is 2.33. The molecule has 0 bridgehead atoms. The van der Waals surface area contributed by atoms with E-state index < -0.39 is 0 Å². The number of ether oxygens (including phenoxy) is 1. The molecule has 2 fully saturated rings. The van der Waals surface area contributed by atoms with Crippen LogP contribution in [0.1, 0.15) is 19.8 Å². The van der Waals surface area contributed by atoms with Crippen molar-refractivity contribution in [1.82, 2.24) is 10.2 Å². The molecule has 0 aromatic rings. The summed E-state index contributed by atoms with van der Waals surface area (Å²) < 4.78 is 5.67. The molecule has 0 amide bonds. The first kappa shape index (κ1) is 8.48. The van der Waals surface area contributed by atoms with E-state index in [1.807, 2.05) is 0 Å². The fourth-order valence-electron chi connectivity index (χ4n) is 2.17. The van der Waals surface area contributed by atoms with Crippen molar-refractivity contribution in [2.24, 2.45) is 0 Å². The molecule has 3 nitrogen and oxygen atoms in total. The van der Waals surface area contributed by atoms with Gasteiger partial charge in [-0.05, 0) is 33.4 Å². The number of nitrogens with one attached hydrogen (secondary N) is 1. The average Bonchev–Trinajstić information content (AvgIpc) is 2.58. The highest BCUT2D eigenvalue weighted by atomic mass is 16.5. The minimum Gasteiger partial charge on any atom is -0.360 e. The molecule has 0 aliphatic carbocycles. The van der Waals surface area contributed by atoms with E-state index in [4.69, 9.17) is 4.74 Å². The zero-order valence-corrected chi connectivity index (χ0v) is 7.92. The highest BCUT2D eigenvalue weighted by Crippen LogP contribution is 2.21. The van der Waals surface area contributed by atoms with Crippen LogP contribution in [0.5, 0.6) is 0 Å². The summed E-state index contributed by atoms with van der Waals surface area (Å²) in [7, 11) is 2.19. The topological polar surface area (TPSA) is 24.5 Å². The van der Waals surface area contributed by atoms with E-state index in [0.717, 1.165) is 6.61 Å². The maximum Gasteiger partial charge on any atom is 0.124 e. The fourth-order valence-corrected chi connectivity index (χ4v) is 2.17. The summed E-state index contributed by atoms with van der Waals surface area (Å²) in [5, 5.41) is 3.46. The highest BCUT2D eigenvalue weighted by molar-refractivity contribution is 4.86. The van der Waals surface area contributed by atoms with Gasteiger partial charge in [0.25, 0.3) is 0 Å². The zero-order chi connectivity index (χ0) is 8.55. The van der Waals surface area contributed by atoms with Crippen molar-refractivity contribution in [3.05, 3.63) is 0 Å². The molecular weight excluding hydrogens is 152 g/mol. The van der Waals surface area contributed by atoms with E-state index in [2.05, 4.69) is 24.2 Å². The lowest BCUT2D eigenvalue weighted by atomic mass is 10.2. The smallest absolute Gasteiger partial charge is 0.124 e. The van der Waals surface area contributed by atoms with Crippen molar-refractivity contribution in [1.29, 1.82) is 0 Å². The Morgan fingerprint density at radius 2 is 2.33 bits per heavy atom. The van der Waals surface area contributed by atoms with Crippen LogP contribution in [-0.2, 0) is 4.74 Å². The summed E-state index contributed by atoms with van der Waals surface area (Å²) in [4.78, 5) is 2.40. The Bertz CT molecular complexity index is 163. The molecule has 0 radical (unpaired) electrons. The molecule has 12 heavy (non-hydrogen) atoms. The minimum absolute atomic E-state index is 0.285. The summed E-state index contributed by atoms with van der Waals surface area (Å²) in [5.41, 5.74) is 0. The SMILES string of the molecule is CC1COC(C2CCCN2C)N1. The summed E-state index contributed by atoms with van der Waals surface area (Å²) in [6.45, 7) is 4.27. The first-order valence-corrected chi connectivity index (χ1v) is 4.85. The van der Waals surface area contributed by atoms with E-state index >= 15 is 0 Å². The molecule has 2 saturated heterocycles. The van der Waals surface area contributed by atoms with Gasteiger partial charge in [-0.2, -0.15) is 0 Å². The molecule has 2 heterocycles. The van der Waals surface area contributed by atoms with Crippen LogP contribution >= 0.6 is 0 Å². The first-order valence-electron chi connectivity index (χ1n) is 4.85. The van der Waals surface area contributed by atoms with Crippen LogP contribution in [0.3, 0.4) is 0 Å². The Kier molecular flexibility index (Phi) is 2.35. The van der Waals surface area contributed by atoms with E-state index in [0.29, 0.717) is 12.1 Å². The van der Waals surface area contributed by atoms with Gasteiger partial charge in [0.15, 0.2) is 0 Å². The van der Waals surface area contributed by atoms with Gasteiger partial charge in [0.05, 0.1) is 6.61 Å². The average molecular weight is 170 g/mol. The minimum atomic E-state index is 0.285. The van der Waals surface area contributed by atoms with Crippen LogP contribution in [-0.4, -0.2) is 43.4 Å². The lowest BCUT2D eigenvalue weighted by Crippen LogP contribution is -2.44. The Hall–Kier alpha value is -0.120. The summed E-state index contributed by atoms with van der Waals surface area (Å²) in [6.07, 6.45) is 2.88. The van der Waals surface area contributed by atoms with Crippen LogP contribution < -0.4 is 5.32 Å². The molecule has 3 heteroatoms. The van der Waals surface area contributed by atoms with E-state index in [1.165, 1.54) is 19.4 Å². The van der Waals surface area contributed by atoms with Crippen LogP contribution in [0.25, 0.3) is 0 Å². The van der Waals surface area contributed by atoms with E-state index in [-0.39, 0.29) is 6.23 Å². The molecule has 2 rings (SSSR count). The number of rotatable bonds is 1. The van der Waals surface area contributed by atoms with Gasteiger partial charge in [0.2, 0.25) is 0 Å². The number of hydrogen-bond donors (Lipinski definition) is 1. The molecule has 0 saturated carbocycles. The van der Waals surface area contributed by atoms with Gasteiger partial charge in [-0.1, -0.05) is 0 Å². The molecule has 0 spiro atoms. The third-order valence-corrected chi connectivity index (χ3v) is 2.90. The summed E-state index contributed by atoms with van der Waals surface area (Å²) >= 11 is 0. The van der Waals surface area contributed by atoms with Crippen LogP contribution in [0, 0.1) is 0 Å². The molecule has 2 aliphatic rings. The second-order valence-corrected chi connectivity index (χ2v) is 4.01. The van der Waals surface area contributed by atoms with E-state index in [1.54, 1.807) is 0 Å². The van der Waals surface area contributed by atoms with E-state index in [9.17, 15) is 0 Å². The number of nitrogens with zero attached hydrogens (tertiary/aromatic N) is 1. The van der Waals surface area contributed by atoms with Crippen molar-refractivity contribution in [2.45, 2.75) is 38.1 Å². The van der Waals surface area contributed by atoms with Crippen molar-refractivity contribution in [3.8, 4) is 0 Å². The molecule has 2 aliphatic heterocycles. The quantitative estimate of drug-likeness (QED) is 0.617. The van der Waals surface area contributed by atoms with Gasteiger partial charge in [-0.15, -0.1) is 0 Å². The Labute approximate surface area is 74.1 Å². The monoisotopic (exact) mass is 170 g/mol. The number of hydrogen-bond acceptors (Lipinski definition) is 3. The maximum atomic E-state index is 5.67. The molecule has 1 N–H and O–H groups in total. The van der Waals surface area contributed by atoms with Gasteiger partial charge in [0, 0.05) is 12.1 Å². The Morgan fingerprint density at radius 1 is 1.50 bits per heavy atom. The predicted molar refractivity (Wildman–Crippen MR) is 48.0 cm³/mol. The molecule has 0 aromatic heterocycles. The van der Waals surface area contributed by atoms with Crippen molar-refractivity contribution >= 4 is 0 Å². The Balaban J connectivity index is 1.91. The van der Waals surface area contributed by atoms with Crippen molar-refractivity contribution < 1.29 is 4.74 Å². The third-order valence-electron chi connectivity index (χ3n) is 2.90. The molecule has 3 unspecified atom stereocenters. The largest absolute Gasteiger partial charge is 0.360 e. The van der Waals surface area contributed by atoms with Gasteiger partial charge in [-0.3, -0.25) is 10.2 Å². The summed E-state index contributed by atoms with van der Waals surface area (Å²) in [5.74, 6) is 0. The van der Waals surface area contributed by atoms with Gasteiger partial charge >= 0.3 is 0 Å². The van der Waals surface area contributed by atoms with Gasteiger partial charge in [0.1, 0.15) is 6.23 Å². The molecular formula is C9H18N2O. The second kappa shape index (κ2) is 3.32. The Morgan fingerprint density at radius 3 is 2.83 bits per heavy atom. The number of likely N-dealkylation sites (tertiary alicyclic amines) is 1. The van der Waals surface area contributed by atoms with Crippen molar-refractivity contribution in [2.75, 3.05) is 20.2 Å². The van der Waals surface area contributed by atoms with Crippen LogP contribution in [0.15, 0.2) is 0 Å². The molecule has 70 valence electrons. The maximum absolute atomic E-state index is 5.67. The first-order chi connectivity index (χ1) is 5.77.